The van der Waals surface area contributed by atoms with Gasteiger partial charge >= 0.3 is 0 Å². The maximum Gasteiger partial charge on any atom is 0.226 e. The van der Waals surface area contributed by atoms with Crippen molar-refractivity contribution in [2.24, 2.45) is 5.92 Å². The molecule has 0 aliphatic heterocycles. The molecule has 6 nitrogen and oxygen atoms in total. The Morgan fingerprint density at radius 2 is 2.21 bits per heavy atom. The van der Waals surface area contributed by atoms with E-state index in [-0.39, 0.29) is 23.8 Å². The monoisotopic (exact) mass is 402 g/mol. The molecule has 1 fully saturated rings. The van der Waals surface area contributed by atoms with Gasteiger partial charge in [-0.2, -0.15) is 0 Å². The molecule has 2 aliphatic rings. The summed E-state index contributed by atoms with van der Waals surface area (Å²) < 4.78 is 31.7. The summed E-state index contributed by atoms with van der Waals surface area (Å²) in [6.45, 7) is 4.44. The summed E-state index contributed by atoms with van der Waals surface area (Å²) in [7, 11) is 0. The summed E-state index contributed by atoms with van der Waals surface area (Å²) in [5, 5.41) is 2.81. The van der Waals surface area contributed by atoms with Crippen molar-refractivity contribution in [2.75, 3.05) is 13.2 Å². The molecule has 0 radical (unpaired) electrons. The lowest BCUT2D eigenvalue weighted by Gasteiger charge is -2.23. The Hall–Kier alpha value is -2.41. The zero-order valence-corrected chi connectivity index (χ0v) is 16.9. The zero-order valence-electron chi connectivity index (χ0n) is 16.9. The first-order valence-electron chi connectivity index (χ1n) is 10.3. The molecule has 2 aromatic rings. The smallest absolute Gasteiger partial charge is 0.226 e. The summed E-state index contributed by atoms with van der Waals surface area (Å²) in [6, 6.07) is 4.81. The van der Waals surface area contributed by atoms with Crippen LogP contribution in [0.4, 0.5) is 4.39 Å². The van der Waals surface area contributed by atoms with E-state index in [4.69, 9.17) is 13.9 Å². The van der Waals surface area contributed by atoms with Crippen LogP contribution in [0.2, 0.25) is 0 Å². The number of benzene rings is 1. The van der Waals surface area contributed by atoms with Crippen LogP contribution in [0, 0.1) is 11.7 Å². The summed E-state index contributed by atoms with van der Waals surface area (Å²) >= 11 is 0. The molecule has 1 N–H and O–H groups in total. The summed E-state index contributed by atoms with van der Waals surface area (Å²) in [4.78, 5) is 15.7. The first-order valence-corrected chi connectivity index (χ1v) is 10.3. The van der Waals surface area contributed by atoms with E-state index in [1.54, 1.807) is 12.1 Å². The normalized spacial score (nSPS) is 19.5. The third kappa shape index (κ3) is 5.15. The Bertz CT molecular complexity index is 878. The van der Waals surface area contributed by atoms with Crippen LogP contribution < -0.4 is 10.1 Å². The van der Waals surface area contributed by atoms with Gasteiger partial charge in [0.05, 0.1) is 25.0 Å². The molecule has 0 saturated heterocycles. The quantitative estimate of drug-likeness (QED) is 0.729. The number of hydrogen-bond acceptors (Lipinski definition) is 5. The van der Waals surface area contributed by atoms with Crippen LogP contribution >= 0.6 is 0 Å². The maximum atomic E-state index is 14.4. The third-order valence-corrected chi connectivity index (χ3v) is 5.27. The van der Waals surface area contributed by atoms with Gasteiger partial charge in [0.2, 0.25) is 11.8 Å². The van der Waals surface area contributed by atoms with Crippen LogP contribution in [-0.4, -0.2) is 36.3 Å². The molecule has 29 heavy (non-hydrogen) atoms. The van der Waals surface area contributed by atoms with Crippen molar-refractivity contribution in [3.05, 3.63) is 35.5 Å². The minimum absolute atomic E-state index is 0.0339. The van der Waals surface area contributed by atoms with Gasteiger partial charge < -0.3 is 19.2 Å². The van der Waals surface area contributed by atoms with Crippen LogP contribution in [0.1, 0.15) is 44.6 Å². The van der Waals surface area contributed by atoms with Crippen molar-refractivity contribution in [3.8, 4) is 17.2 Å². The van der Waals surface area contributed by atoms with Gasteiger partial charge in [0.15, 0.2) is 11.6 Å². The van der Waals surface area contributed by atoms with E-state index in [9.17, 15) is 9.18 Å². The number of oxazole rings is 1. The second-order valence-corrected chi connectivity index (χ2v) is 8.09. The molecule has 0 bridgehead atoms. The molecule has 1 amide bonds. The van der Waals surface area contributed by atoms with Crippen molar-refractivity contribution >= 4 is 5.91 Å². The Balaban J connectivity index is 1.37. The van der Waals surface area contributed by atoms with Gasteiger partial charge in [-0.25, -0.2) is 9.37 Å². The van der Waals surface area contributed by atoms with Crippen LogP contribution in [-0.2, 0) is 22.4 Å². The van der Waals surface area contributed by atoms with E-state index in [2.05, 4.69) is 10.3 Å². The van der Waals surface area contributed by atoms with Gasteiger partial charge in [0.25, 0.3) is 0 Å². The van der Waals surface area contributed by atoms with E-state index in [0.29, 0.717) is 37.0 Å². The van der Waals surface area contributed by atoms with Gasteiger partial charge in [-0.1, -0.05) is 0 Å². The highest BCUT2D eigenvalue weighted by Crippen LogP contribution is 2.33. The number of ether oxygens (including phenoxy) is 2. The van der Waals surface area contributed by atoms with Crippen LogP contribution in [0.5, 0.6) is 5.75 Å². The fourth-order valence-electron chi connectivity index (χ4n) is 3.53. The molecule has 7 heteroatoms. The second-order valence-electron chi connectivity index (χ2n) is 8.09. The third-order valence-electron chi connectivity index (χ3n) is 5.27. The minimum atomic E-state index is -0.396. The average Bonchev–Trinajstić information content (AvgIpc) is 3.41. The molecular formula is C22H27FN2O4. The first kappa shape index (κ1) is 19.9. The lowest BCUT2D eigenvalue weighted by Crippen LogP contribution is -2.36. The zero-order chi connectivity index (χ0) is 20.4. The maximum absolute atomic E-state index is 14.4. The highest BCUT2D eigenvalue weighted by Gasteiger charge is 2.26. The van der Waals surface area contributed by atoms with Crippen molar-refractivity contribution in [1.29, 1.82) is 0 Å². The number of aromatic nitrogens is 1. The number of aryl methyl sites for hydroxylation is 1. The van der Waals surface area contributed by atoms with Gasteiger partial charge in [0, 0.05) is 31.4 Å². The number of carbonyl (C=O) groups excluding carboxylic acids is 1. The molecule has 1 aromatic heterocycles. The van der Waals surface area contributed by atoms with Crippen molar-refractivity contribution in [3.63, 3.8) is 0 Å². The van der Waals surface area contributed by atoms with Gasteiger partial charge in [0.1, 0.15) is 5.76 Å². The number of carbonyl (C=O) groups is 1. The fourth-order valence-corrected chi connectivity index (χ4v) is 3.53. The number of rotatable bonds is 8. The molecule has 0 spiro atoms. The van der Waals surface area contributed by atoms with E-state index in [1.807, 2.05) is 6.92 Å². The van der Waals surface area contributed by atoms with Gasteiger partial charge in [-0.15, -0.1) is 0 Å². The number of hydrogen-bond donors (Lipinski definition) is 1. The molecule has 1 aromatic carbocycles. The second kappa shape index (κ2) is 8.53. The summed E-state index contributed by atoms with van der Waals surface area (Å²) in [6.07, 6.45) is 4.57. The topological polar surface area (TPSA) is 73.6 Å². The van der Waals surface area contributed by atoms with Crippen LogP contribution in [0.3, 0.4) is 0 Å². The predicted molar refractivity (Wildman–Crippen MR) is 105 cm³/mol. The molecule has 4 rings (SSSR count). The first-order chi connectivity index (χ1) is 14.0. The Morgan fingerprint density at radius 1 is 1.38 bits per heavy atom. The minimum Gasteiger partial charge on any atom is -0.490 e. The Labute approximate surface area is 169 Å². The SMILES string of the molecule is CC(=O)NC(C)COC1CCc2oc(-c3ccc(OCC4CC4)c(F)c3)nc2C1. The van der Waals surface area contributed by atoms with Crippen molar-refractivity contribution in [1.82, 2.24) is 10.3 Å². The Morgan fingerprint density at radius 3 is 2.93 bits per heavy atom. The predicted octanol–water partition coefficient (Wildman–Crippen LogP) is 3.67. The van der Waals surface area contributed by atoms with E-state index < -0.39 is 5.82 Å². The molecule has 2 aliphatic carbocycles. The summed E-state index contributed by atoms with van der Waals surface area (Å²) in [5.74, 6) is 1.65. The number of fused-ring (bicyclic) bond motifs is 1. The molecule has 156 valence electrons. The lowest BCUT2D eigenvalue weighted by molar-refractivity contribution is -0.120. The largest absolute Gasteiger partial charge is 0.490 e. The molecule has 2 unspecified atom stereocenters. The number of nitrogens with zero attached hydrogens (tertiary/aromatic N) is 1. The summed E-state index contributed by atoms with van der Waals surface area (Å²) in [5.41, 5.74) is 1.46. The fraction of sp³-hybridized carbons (Fsp3) is 0.545. The highest BCUT2D eigenvalue weighted by atomic mass is 19.1. The van der Waals surface area contributed by atoms with Gasteiger partial charge in [-0.3, -0.25) is 4.79 Å². The van der Waals surface area contributed by atoms with E-state index in [0.717, 1.165) is 24.3 Å². The highest BCUT2D eigenvalue weighted by molar-refractivity contribution is 5.73. The molecule has 1 heterocycles. The van der Waals surface area contributed by atoms with Crippen molar-refractivity contribution < 1.29 is 23.1 Å². The number of halogens is 1. The standard InChI is InChI=1S/C22H27FN2O4/c1-13(24-14(2)26)11-27-17-6-8-21-19(10-17)25-22(29-21)16-5-7-20(18(23)9-16)28-12-15-3-4-15/h5,7,9,13,15,17H,3-4,6,8,10-12H2,1-2H3,(H,24,26). The Kier molecular flexibility index (Phi) is 5.85. The van der Waals surface area contributed by atoms with Crippen LogP contribution in [0.25, 0.3) is 11.5 Å². The van der Waals surface area contributed by atoms with Gasteiger partial charge in [-0.05, 0) is 50.3 Å². The number of amides is 1. The average molecular weight is 402 g/mol. The van der Waals surface area contributed by atoms with E-state index >= 15 is 0 Å². The lowest BCUT2D eigenvalue weighted by atomic mass is 9.99. The van der Waals surface area contributed by atoms with E-state index in [1.165, 1.54) is 25.8 Å². The molecule has 1 saturated carbocycles. The molecule has 2 atom stereocenters. The van der Waals surface area contributed by atoms with Crippen LogP contribution in [0.15, 0.2) is 22.6 Å². The van der Waals surface area contributed by atoms with Crippen molar-refractivity contribution in [2.45, 2.75) is 58.1 Å². The molecular weight excluding hydrogens is 375 g/mol. The number of nitrogens with one attached hydrogen (secondary N) is 1.